The first-order valence-corrected chi connectivity index (χ1v) is 10.7. The van der Waals surface area contributed by atoms with E-state index in [2.05, 4.69) is 20.8 Å². The van der Waals surface area contributed by atoms with Gasteiger partial charge in [0.1, 0.15) is 0 Å². The van der Waals surface area contributed by atoms with E-state index in [4.69, 9.17) is 16.0 Å². The number of hydrogen-bond acceptors (Lipinski definition) is 6. The lowest BCUT2D eigenvalue weighted by molar-refractivity contribution is -0.113. The van der Waals surface area contributed by atoms with Gasteiger partial charge in [-0.3, -0.25) is 9.59 Å². The Morgan fingerprint density at radius 3 is 2.57 bits per heavy atom. The lowest BCUT2D eigenvalue weighted by Crippen LogP contribution is -2.28. The molecule has 0 saturated carbocycles. The highest BCUT2D eigenvalue weighted by atomic mass is 35.5. The minimum Gasteiger partial charge on any atom is -0.411 e. The molecule has 0 aliphatic rings. The Kier molecular flexibility index (Phi) is 7.48. The molecule has 7 nitrogen and oxygen atoms in total. The van der Waals surface area contributed by atoms with Gasteiger partial charge < -0.3 is 15.1 Å². The maximum Gasteiger partial charge on any atom is 0.277 e. The van der Waals surface area contributed by atoms with E-state index in [1.54, 1.807) is 48.5 Å². The van der Waals surface area contributed by atoms with Crippen LogP contribution in [0.25, 0.3) is 11.5 Å². The van der Waals surface area contributed by atoms with Gasteiger partial charge in [-0.15, -0.1) is 10.2 Å². The Hall–Kier alpha value is -2.84. The predicted molar refractivity (Wildman–Crippen MR) is 118 cm³/mol. The maximum atomic E-state index is 12.4. The quantitative estimate of drug-likeness (QED) is 0.496. The Morgan fingerprint density at radius 2 is 1.83 bits per heavy atom. The second kappa shape index (κ2) is 10.3. The summed E-state index contributed by atoms with van der Waals surface area (Å²) in [6, 6.07) is 13.9. The number of halogens is 1. The first kappa shape index (κ1) is 21.9. The number of nitrogens with zero attached hydrogens (tertiary/aromatic N) is 2. The largest absolute Gasteiger partial charge is 0.411 e. The van der Waals surface area contributed by atoms with E-state index in [1.165, 1.54) is 0 Å². The number of rotatable bonds is 8. The average molecular weight is 445 g/mol. The second-order valence-electron chi connectivity index (χ2n) is 6.87. The highest BCUT2D eigenvalue weighted by Crippen LogP contribution is 2.24. The van der Waals surface area contributed by atoms with E-state index in [9.17, 15) is 9.59 Å². The van der Waals surface area contributed by atoms with Gasteiger partial charge in [-0.25, -0.2) is 0 Å². The van der Waals surface area contributed by atoms with Gasteiger partial charge in [-0.1, -0.05) is 49.3 Å². The summed E-state index contributed by atoms with van der Waals surface area (Å²) in [5.41, 5.74) is 1.61. The molecule has 0 aliphatic carbocycles. The zero-order valence-electron chi connectivity index (χ0n) is 16.5. The number of thioether (sulfide) groups is 1. The topological polar surface area (TPSA) is 97.1 Å². The number of anilines is 1. The molecular formula is C21H21ClN4O3S. The smallest absolute Gasteiger partial charge is 0.277 e. The first-order valence-electron chi connectivity index (χ1n) is 9.31. The fourth-order valence-electron chi connectivity index (χ4n) is 2.47. The lowest BCUT2D eigenvalue weighted by atomic mass is 10.1. The molecule has 156 valence electrons. The highest BCUT2D eigenvalue weighted by Gasteiger charge is 2.15. The molecule has 0 unspecified atom stereocenters. The molecule has 0 atom stereocenters. The van der Waals surface area contributed by atoms with Crippen LogP contribution >= 0.6 is 23.4 Å². The summed E-state index contributed by atoms with van der Waals surface area (Å²) < 4.78 is 5.58. The van der Waals surface area contributed by atoms with Crippen LogP contribution in [-0.4, -0.2) is 34.3 Å². The SMILES string of the molecule is CC(C)CNC(=O)c1ccccc1NC(=O)CSc1nnc(-c2ccc(Cl)cc2)o1. The zero-order chi connectivity index (χ0) is 21.5. The Bertz CT molecular complexity index is 1020. The Balaban J connectivity index is 1.58. The third-order valence-corrected chi connectivity index (χ3v) is 5.01. The van der Waals surface area contributed by atoms with Gasteiger partial charge in [-0.2, -0.15) is 0 Å². The van der Waals surface area contributed by atoms with Crippen LogP contribution in [0.4, 0.5) is 5.69 Å². The Labute approximate surface area is 183 Å². The van der Waals surface area contributed by atoms with Crippen molar-refractivity contribution in [2.24, 2.45) is 5.92 Å². The first-order chi connectivity index (χ1) is 14.4. The third-order valence-electron chi connectivity index (χ3n) is 3.94. The molecule has 30 heavy (non-hydrogen) atoms. The molecule has 3 rings (SSSR count). The summed E-state index contributed by atoms with van der Waals surface area (Å²) in [5, 5.41) is 14.4. The number of carbonyl (C=O) groups excluding carboxylic acids is 2. The van der Waals surface area contributed by atoms with Gasteiger partial charge in [-0.05, 0) is 42.3 Å². The summed E-state index contributed by atoms with van der Waals surface area (Å²) in [5.74, 6) is 0.234. The predicted octanol–water partition coefficient (Wildman–Crippen LogP) is 4.51. The fourth-order valence-corrected chi connectivity index (χ4v) is 3.16. The molecule has 1 heterocycles. The van der Waals surface area contributed by atoms with Crippen LogP contribution in [0.3, 0.4) is 0 Å². The minimum atomic E-state index is -0.282. The third kappa shape index (κ3) is 6.08. The molecular weight excluding hydrogens is 424 g/mol. The van der Waals surface area contributed by atoms with Crippen molar-refractivity contribution >= 4 is 40.9 Å². The standard InChI is InChI=1S/C21H21ClN4O3S/c1-13(2)11-23-19(28)16-5-3-4-6-17(16)24-18(27)12-30-21-26-25-20(29-21)14-7-9-15(22)10-8-14/h3-10,13H,11-12H2,1-2H3,(H,23,28)(H,24,27). The molecule has 9 heteroatoms. The van der Waals surface area contributed by atoms with E-state index in [0.717, 1.165) is 17.3 Å². The van der Waals surface area contributed by atoms with Crippen LogP contribution in [0.5, 0.6) is 0 Å². The van der Waals surface area contributed by atoms with Crippen molar-refractivity contribution in [3.63, 3.8) is 0 Å². The van der Waals surface area contributed by atoms with Crippen molar-refractivity contribution < 1.29 is 14.0 Å². The molecule has 0 bridgehead atoms. The highest BCUT2D eigenvalue weighted by molar-refractivity contribution is 7.99. The molecule has 0 radical (unpaired) electrons. The Morgan fingerprint density at radius 1 is 1.10 bits per heavy atom. The molecule has 3 aromatic rings. The number of para-hydroxylation sites is 1. The normalized spacial score (nSPS) is 10.8. The molecule has 0 spiro atoms. The maximum absolute atomic E-state index is 12.4. The van der Waals surface area contributed by atoms with E-state index in [0.29, 0.717) is 34.6 Å². The van der Waals surface area contributed by atoms with Crippen molar-refractivity contribution in [1.29, 1.82) is 0 Å². The summed E-state index contributed by atoms with van der Waals surface area (Å²) in [4.78, 5) is 24.8. The van der Waals surface area contributed by atoms with E-state index >= 15 is 0 Å². The van der Waals surface area contributed by atoms with Gasteiger partial charge in [0.25, 0.3) is 11.1 Å². The van der Waals surface area contributed by atoms with Crippen molar-refractivity contribution in [1.82, 2.24) is 15.5 Å². The molecule has 0 fully saturated rings. The van der Waals surface area contributed by atoms with Gasteiger partial charge in [0.2, 0.25) is 11.8 Å². The van der Waals surface area contributed by atoms with Crippen LogP contribution in [-0.2, 0) is 4.79 Å². The van der Waals surface area contributed by atoms with Gasteiger partial charge >= 0.3 is 0 Å². The van der Waals surface area contributed by atoms with Crippen LogP contribution in [0.2, 0.25) is 5.02 Å². The number of carbonyl (C=O) groups is 2. The molecule has 2 aromatic carbocycles. The summed E-state index contributed by atoms with van der Waals surface area (Å²) in [6.07, 6.45) is 0. The molecule has 2 amide bonds. The van der Waals surface area contributed by atoms with Crippen LogP contribution in [0.15, 0.2) is 58.2 Å². The average Bonchev–Trinajstić information content (AvgIpc) is 3.20. The van der Waals surface area contributed by atoms with Crippen molar-refractivity contribution in [3.05, 3.63) is 59.1 Å². The van der Waals surface area contributed by atoms with E-state index in [1.807, 2.05) is 13.8 Å². The minimum absolute atomic E-state index is 0.0597. The molecule has 2 N–H and O–H groups in total. The van der Waals surface area contributed by atoms with Crippen LogP contribution in [0, 0.1) is 5.92 Å². The summed E-state index contributed by atoms with van der Waals surface area (Å²) >= 11 is 6.99. The summed E-state index contributed by atoms with van der Waals surface area (Å²) in [6.45, 7) is 4.59. The van der Waals surface area contributed by atoms with Crippen LogP contribution < -0.4 is 10.6 Å². The van der Waals surface area contributed by atoms with Crippen LogP contribution in [0.1, 0.15) is 24.2 Å². The van der Waals surface area contributed by atoms with E-state index < -0.39 is 0 Å². The number of aromatic nitrogens is 2. The van der Waals surface area contributed by atoms with Gasteiger partial charge in [0.15, 0.2) is 0 Å². The van der Waals surface area contributed by atoms with Crippen molar-refractivity contribution in [2.75, 3.05) is 17.6 Å². The van der Waals surface area contributed by atoms with Crippen molar-refractivity contribution in [2.45, 2.75) is 19.1 Å². The van der Waals surface area contributed by atoms with Gasteiger partial charge in [0, 0.05) is 17.1 Å². The van der Waals surface area contributed by atoms with Crippen molar-refractivity contribution in [3.8, 4) is 11.5 Å². The molecule has 0 saturated heterocycles. The fraction of sp³-hybridized carbons (Fsp3) is 0.238. The zero-order valence-corrected chi connectivity index (χ0v) is 18.1. The lowest BCUT2D eigenvalue weighted by Gasteiger charge is -2.12. The number of amides is 2. The number of hydrogen-bond donors (Lipinski definition) is 2. The number of benzene rings is 2. The number of nitrogens with one attached hydrogen (secondary N) is 2. The monoisotopic (exact) mass is 444 g/mol. The van der Waals surface area contributed by atoms with Gasteiger partial charge in [0.05, 0.1) is 17.0 Å². The van der Waals surface area contributed by atoms with E-state index in [-0.39, 0.29) is 22.8 Å². The molecule has 0 aliphatic heterocycles. The summed E-state index contributed by atoms with van der Waals surface area (Å²) in [7, 11) is 0. The second-order valence-corrected chi connectivity index (χ2v) is 8.23. The molecule has 1 aromatic heterocycles.